The van der Waals surface area contributed by atoms with Crippen LogP contribution in [0, 0.1) is 11.3 Å². The van der Waals surface area contributed by atoms with E-state index in [0.717, 1.165) is 56.7 Å². The zero-order valence-electron chi connectivity index (χ0n) is 14.3. The van der Waals surface area contributed by atoms with E-state index in [1.54, 1.807) is 22.7 Å². The first-order valence-corrected chi connectivity index (χ1v) is 10.7. The molecule has 3 rings (SSSR count). The largest absolute Gasteiger partial charge is 0.383 e. The molecule has 3 nitrogen and oxygen atoms in total. The number of nitrogens with zero attached hydrogens (tertiary/aromatic N) is 2. The van der Waals surface area contributed by atoms with Crippen molar-refractivity contribution >= 4 is 56.8 Å². The molecule has 0 aromatic carbocycles. The molecule has 3 aromatic rings. The molecule has 0 saturated carbocycles. The van der Waals surface area contributed by atoms with Crippen LogP contribution in [-0.2, 0) is 6.42 Å². The van der Waals surface area contributed by atoms with Crippen LogP contribution in [0.25, 0.3) is 21.0 Å². The Labute approximate surface area is 176 Å². The Morgan fingerprint density at radius 1 is 1.27 bits per heavy atom. The van der Waals surface area contributed by atoms with E-state index in [9.17, 15) is 5.26 Å². The molecule has 7 heteroatoms. The summed E-state index contributed by atoms with van der Waals surface area (Å²) in [6.07, 6.45) is 4.28. The van der Waals surface area contributed by atoms with E-state index in [4.69, 9.17) is 5.73 Å². The van der Waals surface area contributed by atoms with E-state index >= 15 is 0 Å². The first-order valence-electron chi connectivity index (χ1n) is 8.16. The molecule has 0 bridgehead atoms. The molecular formula is C19H19BrClN3S2. The molecule has 136 valence electrons. The fraction of sp³-hybridized carbons (Fsp3) is 0.263. The van der Waals surface area contributed by atoms with Gasteiger partial charge >= 0.3 is 0 Å². The smallest absolute Gasteiger partial charge is 0.142 e. The van der Waals surface area contributed by atoms with Gasteiger partial charge in [-0.3, -0.25) is 0 Å². The molecule has 0 radical (unpaired) electrons. The van der Waals surface area contributed by atoms with Gasteiger partial charge in [-0.25, -0.2) is 4.98 Å². The third-order valence-electron chi connectivity index (χ3n) is 4.04. The maximum Gasteiger partial charge on any atom is 0.142 e. The second-order valence-electron chi connectivity index (χ2n) is 5.75. The first-order chi connectivity index (χ1) is 12.2. The Kier molecular flexibility index (Phi) is 7.66. The molecule has 0 amide bonds. The van der Waals surface area contributed by atoms with Crippen molar-refractivity contribution in [3.63, 3.8) is 0 Å². The van der Waals surface area contributed by atoms with Gasteiger partial charge in [0.1, 0.15) is 17.5 Å². The van der Waals surface area contributed by atoms with Gasteiger partial charge in [0, 0.05) is 20.3 Å². The van der Waals surface area contributed by atoms with Gasteiger partial charge in [-0.2, -0.15) is 5.26 Å². The number of thiophene rings is 2. The van der Waals surface area contributed by atoms with Gasteiger partial charge in [-0.15, -0.1) is 35.1 Å². The molecule has 0 unspecified atom stereocenters. The van der Waals surface area contributed by atoms with Gasteiger partial charge in [0.15, 0.2) is 0 Å². The second-order valence-corrected chi connectivity index (χ2v) is 8.52. The van der Waals surface area contributed by atoms with Crippen LogP contribution in [0.2, 0.25) is 0 Å². The standard InChI is InChI=1S/C19H18BrN3S2.ClH/c1-2-3-4-6-13-17(16-9-12(20)11-25-16)14(10-21)19(22)23-18(13)15-7-5-8-24-15;/h5,7-9,11H,2-4,6H2,1H3,(H2,22,23);1H. The number of anilines is 1. The highest BCUT2D eigenvalue weighted by Crippen LogP contribution is 2.41. The number of nitrogens with two attached hydrogens (primary N) is 1. The van der Waals surface area contributed by atoms with Crippen LogP contribution in [0.4, 0.5) is 5.82 Å². The maximum absolute atomic E-state index is 9.71. The SMILES string of the molecule is CCCCCc1c(-c2cccs2)nc(N)c(C#N)c1-c1cc(Br)cs1.Cl. The lowest BCUT2D eigenvalue weighted by atomic mass is 9.94. The number of aromatic nitrogens is 1. The van der Waals surface area contributed by atoms with Crippen molar-refractivity contribution in [3.8, 4) is 27.1 Å². The molecule has 0 atom stereocenters. The quantitative estimate of drug-likeness (QED) is 0.400. The Morgan fingerprint density at radius 3 is 2.65 bits per heavy atom. The van der Waals surface area contributed by atoms with Crippen molar-refractivity contribution in [1.29, 1.82) is 5.26 Å². The number of pyridine rings is 1. The summed E-state index contributed by atoms with van der Waals surface area (Å²) < 4.78 is 1.02. The van der Waals surface area contributed by atoms with E-state index in [2.05, 4.69) is 46.0 Å². The van der Waals surface area contributed by atoms with Crippen molar-refractivity contribution in [1.82, 2.24) is 4.98 Å². The van der Waals surface area contributed by atoms with Crippen molar-refractivity contribution in [2.24, 2.45) is 0 Å². The number of hydrogen-bond donors (Lipinski definition) is 1. The average molecular weight is 469 g/mol. The molecule has 0 spiro atoms. The summed E-state index contributed by atoms with van der Waals surface area (Å²) in [5.41, 5.74) is 9.66. The van der Waals surface area contributed by atoms with E-state index in [1.165, 1.54) is 0 Å². The third-order valence-corrected chi connectivity index (χ3v) is 6.62. The molecule has 0 fully saturated rings. The Hall–Kier alpha value is -1.39. The Morgan fingerprint density at radius 2 is 2.08 bits per heavy atom. The summed E-state index contributed by atoms with van der Waals surface area (Å²) in [5.74, 6) is 0.310. The summed E-state index contributed by atoms with van der Waals surface area (Å²) >= 11 is 6.80. The summed E-state index contributed by atoms with van der Waals surface area (Å²) in [7, 11) is 0. The molecule has 0 saturated heterocycles. The average Bonchev–Trinajstić information content (AvgIpc) is 3.27. The van der Waals surface area contributed by atoms with Gasteiger partial charge in [0.25, 0.3) is 0 Å². The van der Waals surface area contributed by atoms with E-state index in [1.807, 2.05) is 16.8 Å². The summed E-state index contributed by atoms with van der Waals surface area (Å²) in [6.45, 7) is 2.19. The summed E-state index contributed by atoms with van der Waals surface area (Å²) in [5, 5.41) is 13.8. The predicted molar refractivity (Wildman–Crippen MR) is 118 cm³/mol. The van der Waals surface area contributed by atoms with Crippen LogP contribution in [-0.4, -0.2) is 4.98 Å². The Balaban J connectivity index is 0.00000243. The molecule has 26 heavy (non-hydrogen) atoms. The number of unbranched alkanes of at least 4 members (excludes halogenated alkanes) is 2. The van der Waals surface area contributed by atoms with Crippen LogP contribution in [0.15, 0.2) is 33.4 Å². The molecule has 0 aliphatic carbocycles. The van der Waals surface area contributed by atoms with Crippen molar-refractivity contribution in [2.75, 3.05) is 5.73 Å². The van der Waals surface area contributed by atoms with E-state index in [0.29, 0.717) is 11.4 Å². The number of halogens is 2. The highest BCUT2D eigenvalue weighted by Gasteiger charge is 2.22. The first kappa shape index (κ1) is 20.9. The monoisotopic (exact) mass is 467 g/mol. The van der Waals surface area contributed by atoms with Gasteiger partial charge in [-0.05, 0) is 51.8 Å². The van der Waals surface area contributed by atoms with Crippen molar-refractivity contribution in [2.45, 2.75) is 32.6 Å². The molecule has 0 aliphatic heterocycles. The van der Waals surface area contributed by atoms with Crippen molar-refractivity contribution in [3.05, 3.63) is 44.6 Å². The van der Waals surface area contributed by atoms with Gasteiger partial charge in [0.2, 0.25) is 0 Å². The minimum Gasteiger partial charge on any atom is -0.383 e. The second kappa shape index (κ2) is 9.52. The van der Waals surface area contributed by atoms with Gasteiger partial charge < -0.3 is 5.73 Å². The van der Waals surface area contributed by atoms with Gasteiger partial charge in [-0.1, -0.05) is 25.8 Å². The molecular weight excluding hydrogens is 450 g/mol. The highest BCUT2D eigenvalue weighted by atomic mass is 79.9. The fourth-order valence-electron chi connectivity index (χ4n) is 2.88. The van der Waals surface area contributed by atoms with Gasteiger partial charge in [0.05, 0.1) is 10.6 Å². The molecule has 0 aliphatic rings. The zero-order chi connectivity index (χ0) is 17.8. The van der Waals surface area contributed by atoms with Crippen LogP contribution >= 0.6 is 51.0 Å². The lowest BCUT2D eigenvalue weighted by molar-refractivity contribution is 0.717. The third kappa shape index (κ3) is 4.29. The number of rotatable bonds is 6. The normalized spacial score (nSPS) is 10.3. The molecule has 2 N–H and O–H groups in total. The Bertz CT molecular complexity index is 914. The maximum atomic E-state index is 9.71. The van der Waals surface area contributed by atoms with Crippen LogP contribution < -0.4 is 5.73 Å². The minimum atomic E-state index is 0. The van der Waals surface area contributed by atoms with E-state index in [-0.39, 0.29) is 12.4 Å². The number of nitrogen functional groups attached to an aromatic ring is 1. The molecule has 3 heterocycles. The highest BCUT2D eigenvalue weighted by molar-refractivity contribution is 9.10. The number of hydrogen-bond acceptors (Lipinski definition) is 5. The lowest BCUT2D eigenvalue weighted by Gasteiger charge is -2.16. The summed E-state index contributed by atoms with van der Waals surface area (Å²) in [6, 6.07) is 8.43. The van der Waals surface area contributed by atoms with Crippen molar-refractivity contribution < 1.29 is 0 Å². The topological polar surface area (TPSA) is 62.7 Å². The molecule has 3 aromatic heterocycles. The fourth-order valence-corrected chi connectivity index (χ4v) is 5.13. The lowest BCUT2D eigenvalue weighted by Crippen LogP contribution is -2.05. The van der Waals surface area contributed by atoms with Crippen LogP contribution in [0.3, 0.4) is 0 Å². The minimum absolute atomic E-state index is 0. The van der Waals surface area contributed by atoms with Crippen LogP contribution in [0.5, 0.6) is 0 Å². The summed E-state index contributed by atoms with van der Waals surface area (Å²) in [4.78, 5) is 6.77. The predicted octanol–water partition coefficient (Wildman–Crippen LogP) is 6.91. The van der Waals surface area contributed by atoms with E-state index < -0.39 is 0 Å². The van der Waals surface area contributed by atoms with Crippen LogP contribution in [0.1, 0.15) is 37.3 Å². The number of nitriles is 1. The zero-order valence-corrected chi connectivity index (χ0v) is 18.3.